The fourth-order valence-corrected chi connectivity index (χ4v) is 5.64. The Morgan fingerprint density at radius 2 is 1.88 bits per heavy atom. The summed E-state index contributed by atoms with van der Waals surface area (Å²) in [6, 6.07) is 8.71. The third kappa shape index (κ3) is 5.10. The zero-order valence-electron chi connectivity index (χ0n) is 23.2. The van der Waals surface area contributed by atoms with Gasteiger partial charge in [-0.15, -0.1) is 0 Å². The molecule has 2 N–H and O–H groups in total. The van der Waals surface area contributed by atoms with Gasteiger partial charge in [-0.25, -0.2) is 13.8 Å². The molecule has 210 valence electrons. The predicted molar refractivity (Wildman–Crippen MR) is 149 cm³/mol. The molecule has 1 saturated carbocycles. The molecule has 0 unspecified atom stereocenters. The lowest BCUT2D eigenvalue weighted by Crippen LogP contribution is -2.36. The maximum atomic E-state index is 16.1. The number of nitrogens with one attached hydrogen (secondary N) is 2. The fraction of sp³-hybridized carbons (Fsp3) is 0.400. The molecule has 10 heteroatoms. The van der Waals surface area contributed by atoms with Crippen LogP contribution >= 0.6 is 0 Å². The normalized spacial score (nSPS) is 18.1. The van der Waals surface area contributed by atoms with Gasteiger partial charge < -0.3 is 15.2 Å². The maximum Gasteiger partial charge on any atom is 0.270 e. The summed E-state index contributed by atoms with van der Waals surface area (Å²) in [5.74, 6) is -1.29. The predicted octanol–water partition coefficient (Wildman–Crippen LogP) is 5.72. The molecule has 0 radical (unpaired) electrons. The first-order chi connectivity index (χ1) is 19.2. The number of amides is 2. The molecule has 4 aromatic rings. The second-order valence-electron chi connectivity index (χ2n) is 10.8. The summed E-state index contributed by atoms with van der Waals surface area (Å²) in [5.41, 5.74) is 0.605. The van der Waals surface area contributed by atoms with Crippen molar-refractivity contribution >= 4 is 22.8 Å². The molecule has 1 atom stereocenters. The third-order valence-corrected chi connectivity index (χ3v) is 7.88. The van der Waals surface area contributed by atoms with E-state index in [0.29, 0.717) is 24.0 Å². The smallest absolute Gasteiger partial charge is 0.270 e. The van der Waals surface area contributed by atoms with Crippen molar-refractivity contribution in [2.24, 2.45) is 11.8 Å². The minimum atomic E-state index is -0.858. The van der Waals surface area contributed by atoms with Crippen molar-refractivity contribution in [1.29, 1.82) is 0 Å². The number of aromatic amines is 1. The highest BCUT2D eigenvalue weighted by Gasteiger charge is 2.33. The van der Waals surface area contributed by atoms with Gasteiger partial charge in [0.25, 0.3) is 11.8 Å². The Bertz CT molecular complexity index is 1550. The Hall–Kier alpha value is -4.08. The Balaban J connectivity index is 1.58. The highest BCUT2D eigenvalue weighted by molar-refractivity contribution is 6.01. The molecule has 0 spiro atoms. The van der Waals surface area contributed by atoms with Crippen LogP contribution in [0.1, 0.15) is 72.2 Å². The van der Waals surface area contributed by atoms with E-state index in [-0.39, 0.29) is 45.5 Å². The van der Waals surface area contributed by atoms with E-state index >= 15 is 8.78 Å². The summed E-state index contributed by atoms with van der Waals surface area (Å²) in [6.07, 6.45) is 5.34. The number of benzene rings is 2. The largest absolute Gasteiger partial charge is 0.345 e. The molecule has 2 aromatic heterocycles. The minimum Gasteiger partial charge on any atom is -0.345 e. The van der Waals surface area contributed by atoms with Crippen molar-refractivity contribution in [3.63, 3.8) is 0 Å². The standard InChI is InChI=1S/C30H34F2N6O2/c1-5-38-23(14-15-33-38)29(39)36-26(18-12-10-17(2)11-13-18)28-34-22-16-21(31)24(25(32)27(22)35-28)19-8-6-7-9-20(19)30(40)37(3)4/h6-9,14-18,26H,5,10-13H2,1-4H3,(H,34,35)(H,36,39)/t17?,18?,26-/m0/s1. The van der Waals surface area contributed by atoms with Crippen LogP contribution in [0.15, 0.2) is 42.6 Å². The van der Waals surface area contributed by atoms with E-state index in [9.17, 15) is 9.59 Å². The average molecular weight is 549 g/mol. The number of rotatable bonds is 7. The number of aromatic nitrogens is 4. The Labute approximate surface area is 231 Å². The molecule has 1 aliphatic carbocycles. The molecule has 0 bridgehead atoms. The van der Waals surface area contributed by atoms with Gasteiger partial charge in [0.15, 0.2) is 5.82 Å². The monoisotopic (exact) mass is 548 g/mol. The van der Waals surface area contributed by atoms with E-state index in [4.69, 9.17) is 0 Å². The van der Waals surface area contributed by atoms with Crippen LogP contribution in [-0.4, -0.2) is 50.6 Å². The molecule has 5 rings (SSSR count). The zero-order valence-corrected chi connectivity index (χ0v) is 23.2. The van der Waals surface area contributed by atoms with Crippen LogP contribution in [0, 0.1) is 23.5 Å². The fourth-order valence-electron chi connectivity index (χ4n) is 5.64. The molecule has 8 nitrogen and oxygen atoms in total. The molecule has 2 heterocycles. The number of H-pyrrole nitrogens is 1. The van der Waals surface area contributed by atoms with E-state index in [1.54, 1.807) is 49.2 Å². The van der Waals surface area contributed by atoms with E-state index in [0.717, 1.165) is 25.7 Å². The van der Waals surface area contributed by atoms with Crippen molar-refractivity contribution in [3.8, 4) is 11.1 Å². The van der Waals surface area contributed by atoms with Crippen LogP contribution < -0.4 is 5.32 Å². The lowest BCUT2D eigenvalue weighted by molar-refractivity contribution is 0.0827. The molecule has 1 aliphatic rings. The van der Waals surface area contributed by atoms with Crippen molar-refractivity contribution in [2.75, 3.05) is 14.1 Å². The van der Waals surface area contributed by atoms with Gasteiger partial charge in [-0.3, -0.25) is 14.3 Å². The Kier molecular flexibility index (Phi) is 7.69. The van der Waals surface area contributed by atoms with Crippen LogP contribution in [0.2, 0.25) is 0 Å². The quantitative estimate of drug-likeness (QED) is 0.309. The summed E-state index contributed by atoms with van der Waals surface area (Å²) in [5, 5.41) is 7.31. The van der Waals surface area contributed by atoms with E-state index in [2.05, 4.69) is 27.3 Å². The van der Waals surface area contributed by atoms with Gasteiger partial charge >= 0.3 is 0 Å². The summed E-state index contributed by atoms with van der Waals surface area (Å²) in [4.78, 5) is 35.1. The summed E-state index contributed by atoms with van der Waals surface area (Å²) < 4.78 is 33.2. The van der Waals surface area contributed by atoms with Crippen LogP contribution in [0.25, 0.3) is 22.2 Å². The van der Waals surface area contributed by atoms with Gasteiger partial charge in [-0.05, 0) is 43.7 Å². The van der Waals surface area contributed by atoms with Crippen LogP contribution in [0.3, 0.4) is 0 Å². The summed E-state index contributed by atoms with van der Waals surface area (Å²) in [6.45, 7) is 4.66. The van der Waals surface area contributed by atoms with Crippen LogP contribution in [0.5, 0.6) is 0 Å². The van der Waals surface area contributed by atoms with Crippen molar-refractivity contribution in [1.82, 2.24) is 30.0 Å². The molecule has 2 amide bonds. The number of imidazole rings is 1. The van der Waals surface area contributed by atoms with Crippen molar-refractivity contribution in [3.05, 3.63) is 71.3 Å². The van der Waals surface area contributed by atoms with Gasteiger partial charge in [0.05, 0.1) is 17.1 Å². The number of carbonyl (C=O) groups excluding carboxylic acids is 2. The number of hydrogen-bond donors (Lipinski definition) is 2. The number of aryl methyl sites for hydroxylation is 1. The first-order valence-electron chi connectivity index (χ1n) is 13.7. The second kappa shape index (κ2) is 11.2. The van der Waals surface area contributed by atoms with Gasteiger partial charge in [0.1, 0.15) is 22.9 Å². The number of halogens is 2. The van der Waals surface area contributed by atoms with Crippen molar-refractivity contribution < 1.29 is 18.4 Å². The molecular formula is C30H34F2N6O2. The van der Waals surface area contributed by atoms with E-state index in [1.807, 2.05) is 6.92 Å². The molecule has 1 fully saturated rings. The SMILES string of the molecule is CCn1nccc1C(=O)N[C@H](c1nc2c(F)c(-c3ccccc3C(=O)N(C)C)c(F)cc2[nH]1)C1CCC(C)CC1. The lowest BCUT2D eigenvalue weighted by Gasteiger charge is -2.32. The minimum absolute atomic E-state index is 0.0412. The molecular weight excluding hydrogens is 514 g/mol. The van der Waals surface area contributed by atoms with E-state index in [1.165, 1.54) is 17.0 Å². The first kappa shape index (κ1) is 27.5. The van der Waals surface area contributed by atoms with Gasteiger partial charge in [0.2, 0.25) is 0 Å². The summed E-state index contributed by atoms with van der Waals surface area (Å²) >= 11 is 0. The molecule has 40 heavy (non-hydrogen) atoms. The van der Waals surface area contributed by atoms with Gasteiger partial charge in [-0.2, -0.15) is 5.10 Å². The van der Waals surface area contributed by atoms with Crippen LogP contribution in [0.4, 0.5) is 8.78 Å². The number of fused-ring (bicyclic) bond motifs is 1. The lowest BCUT2D eigenvalue weighted by atomic mass is 9.79. The Morgan fingerprint density at radius 1 is 1.15 bits per heavy atom. The number of hydrogen-bond acceptors (Lipinski definition) is 4. The average Bonchev–Trinajstić information content (AvgIpc) is 3.59. The highest BCUT2D eigenvalue weighted by atomic mass is 19.1. The summed E-state index contributed by atoms with van der Waals surface area (Å²) in [7, 11) is 3.17. The number of nitrogens with zero attached hydrogens (tertiary/aromatic N) is 4. The highest BCUT2D eigenvalue weighted by Crippen LogP contribution is 2.38. The molecule has 0 saturated heterocycles. The number of carbonyl (C=O) groups is 2. The molecule has 0 aliphatic heterocycles. The van der Waals surface area contributed by atoms with E-state index < -0.39 is 17.7 Å². The Morgan fingerprint density at radius 3 is 2.58 bits per heavy atom. The first-order valence-corrected chi connectivity index (χ1v) is 13.7. The van der Waals surface area contributed by atoms with Gasteiger partial charge in [-0.1, -0.05) is 38.0 Å². The van der Waals surface area contributed by atoms with Crippen molar-refractivity contribution in [2.45, 2.75) is 52.1 Å². The zero-order chi connectivity index (χ0) is 28.6. The second-order valence-corrected chi connectivity index (χ2v) is 10.8. The molecule has 2 aromatic carbocycles. The topological polar surface area (TPSA) is 95.9 Å². The van der Waals surface area contributed by atoms with Gasteiger partial charge in [0, 0.05) is 44.0 Å². The maximum absolute atomic E-state index is 16.1. The van der Waals surface area contributed by atoms with Crippen LogP contribution in [-0.2, 0) is 6.54 Å². The third-order valence-electron chi connectivity index (χ3n) is 7.88.